The van der Waals surface area contributed by atoms with Crippen molar-refractivity contribution in [2.24, 2.45) is 0 Å². The Bertz CT molecular complexity index is 433. The van der Waals surface area contributed by atoms with Crippen LogP contribution in [0.15, 0.2) is 12.1 Å². The van der Waals surface area contributed by atoms with Gasteiger partial charge in [-0.1, -0.05) is 0 Å². The first-order valence-corrected chi connectivity index (χ1v) is 3.58. The van der Waals surface area contributed by atoms with Crippen LogP contribution in [0, 0.1) is 6.92 Å². The fourth-order valence-corrected chi connectivity index (χ4v) is 1.10. The summed E-state index contributed by atoms with van der Waals surface area (Å²) in [5.74, 6) is 0. The van der Waals surface area contributed by atoms with Crippen molar-refractivity contribution in [1.29, 1.82) is 0 Å². The minimum atomic E-state index is 0.484. The lowest BCUT2D eigenvalue weighted by Crippen LogP contribution is -1.81. The van der Waals surface area contributed by atoms with Crippen molar-refractivity contribution in [2.75, 3.05) is 0 Å². The van der Waals surface area contributed by atoms with Crippen molar-refractivity contribution < 1.29 is 4.79 Å². The highest BCUT2D eigenvalue weighted by atomic mass is 16.1. The van der Waals surface area contributed by atoms with Gasteiger partial charge >= 0.3 is 0 Å². The van der Waals surface area contributed by atoms with E-state index < -0.39 is 0 Å². The monoisotopic (exact) mass is 161 g/mol. The van der Waals surface area contributed by atoms with Gasteiger partial charge in [0.1, 0.15) is 5.69 Å². The number of aromatic nitrogens is 3. The molecular formula is C8H7N3O. The highest BCUT2D eigenvalue weighted by Gasteiger charge is 2.03. The molecule has 0 radical (unpaired) electrons. The van der Waals surface area contributed by atoms with Crippen LogP contribution in [0.1, 0.15) is 16.2 Å². The van der Waals surface area contributed by atoms with E-state index in [1.165, 1.54) is 0 Å². The Morgan fingerprint density at radius 3 is 3.08 bits per heavy atom. The molecule has 0 amide bonds. The highest BCUT2D eigenvalue weighted by Crippen LogP contribution is 2.11. The molecule has 2 aromatic heterocycles. The Morgan fingerprint density at radius 2 is 2.33 bits per heavy atom. The smallest absolute Gasteiger partial charge is 0.181 e. The van der Waals surface area contributed by atoms with Gasteiger partial charge in [-0.25, -0.2) is 4.98 Å². The van der Waals surface area contributed by atoms with Gasteiger partial charge in [0.2, 0.25) is 0 Å². The summed E-state index contributed by atoms with van der Waals surface area (Å²) in [6, 6.07) is 3.69. The van der Waals surface area contributed by atoms with Crippen LogP contribution < -0.4 is 0 Å². The Hall–Kier alpha value is -1.71. The molecule has 1 N–H and O–H groups in total. The molecule has 2 aromatic rings. The van der Waals surface area contributed by atoms with Gasteiger partial charge in [-0.05, 0) is 19.1 Å². The van der Waals surface area contributed by atoms with Crippen LogP contribution >= 0.6 is 0 Å². The third-order valence-corrected chi connectivity index (χ3v) is 1.70. The van der Waals surface area contributed by atoms with Crippen LogP contribution in [0.4, 0.5) is 0 Å². The molecule has 0 atom stereocenters. The number of carbonyl (C=O) groups is 1. The van der Waals surface area contributed by atoms with Gasteiger partial charge in [-0.2, -0.15) is 5.10 Å². The molecule has 0 unspecified atom stereocenters. The molecular weight excluding hydrogens is 154 g/mol. The Labute approximate surface area is 68.6 Å². The van der Waals surface area contributed by atoms with Crippen LogP contribution in [0.5, 0.6) is 0 Å². The molecule has 2 rings (SSSR count). The molecule has 4 nitrogen and oxygen atoms in total. The minimum absolute atomic E-state index is 0.484. The van der Waals surface area contributed by atoms with Crippen molar-refractivity contribution >= 4 is 17.3 Å². The van der Waals surface area contributed by atoms with Crippen molar-refractivity contribution in [2.45, 2.75) is 6.92 Å². The first kappa shape index (κ1) is 6.97. The molecule has 12 heavy (non-hydrogen) atoms. The summed E-state index contributed by atoms with van der Waals surface area (Å²) in [6.45, 7) is 1.88. The number of hydrogen-bond donors (Lipinski definition) is 1. The summed E-state index contributed by atoms with van der Waals surface area (Å²) in [5.41, 5.74) is 1.97. The summed E-state index contributed by atoms with van der Waals surface area (Å²) < 4.78 is 0. The van der Waals surface area contributed by atoms with Gasteiger partial charge in [0.05, 0.1) is 0 Å². The van der Waals surface area contributed by atoms with Gasteiger partial charge in [-0.15, -0.1) is 0 Å². The van der Waals surface area contributed by atoms with Gasteiger partial charge < -0.3 is 0 Å². The normalized spacial score (nSPS) is 10.4. The number of pyridine rings is 1. The van der Waals surface area contributed by atoms with Crippen molar-refractivity contribution in [3.63, 3.8) is 0 Å². The van der Waals surface area contributed by atoms with Crippen LogP contribution in [0.3, 0.4) is 0 Å². The topological polar surface area (TPSA) is 58.6 Å². The lowest BCUT2D eigenvalue weighted by Gasteiger charge is -1.89. The number of aromatic amines is 1. The predicted octanol–water partition coefficient (Wildman–Crippen LogP) is 1.08. The first-order valence-electron chi connectivity index (χ1n) is 3.58. The Balaban J connectivity index is 2.81. The molecule has 2 heterocycles. The van der Waals surface area contributed by atoms with Crippen LogP contribution in [0.25, 0.3) is 11.0 Å². The van der Waals surface area contributed by atoms with E-state index in [-0.39, 0.29) is 0 Å². The molecule has 60 valence electrons. The fourth-order valence-electron chi connectivity index (χ4n) is 1.10. The third kappa shape index (κ3) is 0.887. The Morgan fingerprint density at radius 1 is 1.50 bits per heavy atom. The van der Waals surface area contributed by atoms with Gasteiger partial charge in [0.25, 0.3) is 0 Å². The second-order valence-electron chi connectivity index (χ2n) is 2.58. The number of H-pyrrole nitrogens is 1. The molecule has 4 heteroatoms. The van der Waals surface area contributed by atoms with E-state index in [9.17, 15) is 4.79 Å². The van der Waals surface area contributed by atoms with Gasteiger partial charge in [-0.3, -0.25) is 9.89 Å². The standard InChI is InChI=1S/C8H7N3O/c1-5-2-3-6-7(4-12)10-11-8(6)9-5/h2-4H,1H3,(H,9,10,11). The van der Waals surface area contributed by atoms with E-state index in [0.717, 1.165) is 17.4 Å². The van der Waals surface area contributed by atoms with E-state index in [0.29, 0.717) is 11.3 Å². The molecule has 0 fully saturated rings. The fraction of sp³-hybridized carbons (Fsp3) is 0.125. The average Bonchev–Trinajstić information content (AvgIpc) is 2.46. The maximum absolute atomic E-state index is 10.5. The van der Waals surface area contributed by atoms with Crippen molar-refractivity contribution in [3.05, 3.63) is 23.5 Å². The molecule has 0 saturated heterocycles. The van der Waals surface area contributed by atoms with E-state index in [1.807, 2.05) is 19.1 Å². The minimum Gasteiger partial charge on any atom is -0.296 e. The van der Waals surface area contributed by atoms with E-state index in [1.54, 1.807) is 0 Å². The highest BCUT2D eigenvalue weighted by molar-refractivity contribution is 5.92. The average molecular weight is 161 g/mol. The summed E-state index contributed by atoms with van der Waals surface area (Å²) >= 11 is 0. The van der Waals surface area contributed by atoms with E-state index in [2.05, 4.69) is 15.2 Å². The molecule has 0 aliphatic heterocycles. The van der Waals surface area contributed by atoms with Crippen molar-refractivity contribution in [1.82, 2.24) is 15.2 Å². The number of nitrogens with one attached hydrogen (secondary N) is 1. The number of nitrogens with zero attached hydrogens (tertiary/aromatic N) is 2. The zero-order chi connectivity index (χ0) is 8.55. The summed E-state index contributed by atoms with van der Waals surface area (Å²) in [5, 5.41) is 7.27. The van der Waals surface area contributed by atoms with Crippen LogP contribution in [-0.4, -0.2) is 21.5 Å². The molecule has 0 saturated carbocycles. The quantitative estimate of drug-likeness (QED) is 0.636. The van der Waals surface area contributed by atoms with Crippen LogP contribution in [0.2, 0.25) is 0 Å². The summed E-state index contributed by atoms with van der Waals surface area (Å²) in [6.07, 6.45) is 0.742. The van der Waals surface area contributed by atoms with E-state index >= 15 is 0 Å². The number of aryl methyl sites for hydroxylation is 1. The lowest BCUT2D eigenvalue weighted by molar-refractivity contribution is 0.112. The maximum Gasteiger partial charge on any atom is 0.181 e. The molecule has 0 aromatic carbocycles. The lowest BCUT2D eigenvalue weighted by atomic mass is 10.2. The third-order valence-electron chi connectivity index (χ3n) is 1.70. The second kappa shape index (κ2) is 2.41. The summed E-state index contributed by atoms with van der Waals surface area (Å²) in [4.78, 5) is 14.6. The SMILES string of the molecule is Cc1ccc2c(C=O)[nH]nc2n1. The molecule has 0 bridgehead atoms. The number of fused-ring (bicyclic) bond motifs is 1. The second-order valence-corrected chi connectivity index (χ2v) is 2.58. The zero-order valence-corrected chi connectivity index (χ0v) is 6.53. The number of carbonyl (C=O) groups excluding carboxylic acids is 1. The number of aldehydes is 1. The van der Waals surface area contributed by atoms with Gasteiger partial charge in [0, 0.05) is 11.1 Å². The number of rotatable bonds is 1. The molecule has 0 aliphatic rings. The number of hydrogen-bond acceptors (Lipinski definition) is 3. The van der Waals surface area contributed by atoms with Gasteiger partial charge in [0.15, 0.2) is 11.9 Å². The molecule has 0 aliphatic carbocycles. The zero-order valence-electron chi connectivity index (χ0n) is 6.53. The first-order chi connectivity index (χ1) is 5.81. The Kier molecular flexibility index (Phi) is 1.40. The van der Waals surface area contributed by atoms with Crippen molar-refractivity contribution in [3.8, 4) is 0 Å². The maximum atomic E-state index is 10.5. The van der Waals surface area contributed by atoms with E-state index in [4.69, 9.17) is 0 Å². The molecule has 0 spiro atoms. The van der Waals surface area contributed by atoms with Crippen LogP contribution in [-0.2, 0) is 0 Å². The largest absolute Gasteiger partial charge is 0.296 e. The predicted molar refractivity (Wildman–Crippen MR) is 44.0 cm³/mol. The summed E-state index contributed by atoms with van der Waals surface area (Å²) in [7, 11) is 0.